The van der Waals surface area contributed by atoms with E-state index in [0.29, 0.717) is 12.3 Å². The normalized spacial score (nSPS) is 10.5. The summed E-state index contributed by atoms with van der Waals surface area (Å²) >= 11 is 5.29. The highest BCUT2D eigenvalue weighted by Crippen LogP contribution is 2.21. The van der Waals surface area contributed by atoms with Gasteiger partial charge in [0.25, 0.3) is 0 Å². The lowest BCUT2D eigenvalue weighted by Gasteiger charge is -2.21. The van der Waals surface area contributed by atoms with Crippen LogP contribution in [0.1, 0.15) is 39.2 Å². The number of halogens is 1. The zero-order chi connectivity index (χ0) is 14.0. The van der Waals surface area contributed by atoms with Crippen LogP contribution in [-0.2, 0) is 10.2 Å². The molecule has 0 heterocycles. The van der Waals surface area contributed by atoms with E-state index in [1.54, 1.807) is 6.92 Å². The Balaban J connectivity index is 0.000000360. The van der Waals surface area contributed by atoms with Gasteiger partial charge in [0.1, 0.15) is 5.78 Å². The second-order valence-corrected chi connectivity index (χ2v) is 5.28. The first-order valence-electron chi connectivity index (χ1n) is 6.16. The summed E-state index contributed by atoms with van der Waals surface area (Å²) in [7, 11) is 0. The van der Waals surface area contributed by atoms with Crippen LogP contribution in [0.3, 0.4) is 0 Å². The quantitative estimate of drug-likeness (QED) is 0.831. The monoisotopic (exact) mass is 270 g/mol. The second kappa shape index (κ2) is 9.12. The van der Waals surface area contributed by atoms with Crippen LogP contribution in [0.15, 0.2) is 30.3 Å². The lowest BCUT2D eigenvalue weighted by molar-refractivity contribution is -0.117. The molecule has 1 aromatic carbocycles. The molecule has 0 aromatic heterocycles. The lowest BCUT2D eigenvalue weighted by Crippen LogP contribution is -2.21. The summed E-state index contributed by atoms with van der Waals surface area (Å²) in [6, 6.07) is 10.0. The molecule has 2 nitrogen and oxygen atoms in total. The second-order valence-electron chi connectivity index (χ2n) is 4.90. The van der Waals surface area contributed by atoms with Gasteiger partial charge in [0, 0.05) is 17.7 Å². The third kappa shape index (κ3) is 7.46. The number of carbonyl (C=O) groups is 1. The van der Waals surface area contributed by atoms with Crippen molar-refractivity contribution in [1.29, 1.82) is 0 Å². The Morgan fingerprint density at radius 2 is 1.83 bits per heavy atom. The minimum atomic E-state index is -0.110. The Hall–Kier alpha value is -0.860. The van der Waals surface area contributed by atoms with Gasteiger partial charge >= 0.3 is 0 Å². The SMILES string of the molecule is CC(=O)CCCCl.CC(C)(CO)c1ccccc1. The van der Waals surface area contributed by atoms with Crippen LogP contribution in [-0.4, -0.2) is 23.4 Å². The molecular formula is C15H23ClO2. The molecule has 0 fully saturated rings. The van der Waals surface area contributed by atoms with E-state index in [-0.39, 0.29) is 17.8 Å². The van der Waals surface area contributed by atoms with E-state index in [4.69, 9.17) is 16.7 Å². The van der Waals surface area contributed by atoms with Gasteiger partial charge in [-0.3, -0.25) is 0 Å². The van der Waals surface area contributed by atoms with Crippen LogP contribution in [0.5, 0.6) is 0 Å². The van der Waals surface area contributed by atoms with Crippen molar-refractivity contribution in [1.82, 2.24) is 0 Å². The summed E-state index contributed by atoms with van der Waals surface area (Å²) in [5.41, 5.74) is 1.07. The van der Waals surface area contributed by atoms with E-state index < -0.39 is 0 Å². The maximum absolute atomic E-state index is 10.1. The zero-order valence-electron chi connectivity index (χ0n) is 11.4. The van der Waals surface area contributed by atoms with Crippen LogP contribution in [0.25, 0.3) is 0 Å². The topological polar surface area (TPSA) is 37.3 Å². The fourth-order valence-corrected chi connectivity index (χ4v) is 1.43. The molecular weight excluding hydrogens is 248 g/mol. The largest absolute Gasteiger partial charge is 0.395 e. The average molecular weight is 271 g/mol. The lowest BCUT2D eigenvalue weighted by atomic mass is 9.86. The standard InChI is InChI=1S/C10H14O.C5H9ClO/c1-10(2,8-11)9-6-4-3-5-7-9;1-5(7)3-2-4-6/h3-7,11H,8H2,1-2H3;2-4H2,1H3. The minimum Gasteiger partial charge on any atom is -0.395 e. The van der Waals surface area contributed by atoms with Gasteiger partial charge in [-0.25, -0.2) is 0 Å². The van der Waals surface area contributed by atoms with Gasteiger partial charge in [0.2, 0.25) is 0 Å². The average Bonchev–Trinajstić information content (AvgIpc) is 2.38. The van der Waals surface area contributed by atoms with E-state index in [9.17, 15) is 4.79 Å². The molecule has 0 saturated carbocycles. The highest BCUT2D eigenvalue weighted by molar-refractivity contribution is 6.17. The Labute approximate surface area is 115 Å². The Morgan fingerprint density at radius 1 is 1.28 bits per heavy atom. The van der Waals surface area contributed by atoms with E-state index in [1.807, 2.05) is 44.2 Å². The number of carbonyl (C=O) groups excluding carboxylic acids is 1. The Bertz CT molecular complexity index is 334. The highest BCUT2D eigenvalue weighted by atomic mass is 35.5. The summed E-state index contributed by atoms with van der Waals surface area (Å²) < 4.78 is 0. The molecule has 102 valence electrons. The van der Waals surface area contributed by atoms with Gasteiger partial charge in [0.15, 0.2) is 0 Å². The van der Waals surface area contributed by atoms with Crippen LogP contribution < -0.4 is 0 Å². The molecule has 0 atom stereocenters. The van der Waals surface area contributed by atoms with E-state index in [0.717, 1.165) is 6.42 Å². The maximum Gasteiger partial charge on any atom is 0.129 e. The molecule has 0 aliphatic heterocycles. The number of ketones is 1. The number of hydrogen-bond donors (Lipinski definition) is 1. The number of benzene rings is 1. The molecule has 3 heteroatoms. The van der Waals surface area contributed by atoms with Gasteiger partial charge < -0.3 is 9.90 Å². The molecule has 1 rings (SSSR count). The van der Waals surface area contributed by atoms with Gasteiger partial charge in [-0.2, -0.15) is 0 Å². The molecule has 0 spiro atoms. The van der Waals surface area contributed by atoms with Gasteiger partial charge in [-0.1, -0.05) is 44.2 Å². The van der Waals surface area contributed by atoms with E-state index in [2.05, 4.69) is 0 Å². The van der Waals surface area contributed by atoms with Gasteiger partial charge in [0.05, 0.1) is 6.61 Å². The third-order valence-corrected chi connectivity index (χ3v) is 2.88. The molecule has 1 aromatic rings. The summed E-state index contributed by atoms with van der Waals surface area (Å²) in [6.45, 7) is 5.83. The van der Waals surface area contributed by atoms with E-state index in [1.165, 1.54) is 5.56 Å². The smallest absolute Gasteiger partial charge is 0.129 e. The number of rotatable bonds is 5. The zero-order valence-corrected chi connectivity index (χ0v) is 12.2. The summed E-state index contributed by atoms with van der Waals surface area (Å²) in [6.07, 6.45) is 1.44. The third-order valence-electron chi connectivity index (χ3n) is 2.61. The van der Waals surface area contributed by atoms with Crippen molar-refractivity contribution < 1.29 is 9.90 Å². The molecule has 1 N–H and O–H groups in total. The first-order valence-corrected chi connectivity index (χ1v) is 6.69. The molecule has 0 amide bonds. The van der Waals surface area contributed by atoms with Crippen molar-refractivity contribution in [3.63, 3.8) is 0 Å². The first-order chi connectivity index (χ1) is 8.44. The summed E-state index contributed by atoms with van der Waals surface area (Å²) in [4.78, 5) is 10.1. The molecule has 0 aliphatic rings. The predicted octanol–water partition coefficient (Wildman–Crippen LogP) is 3.55. The van der Waals surface area contributed by atoms with E-state index >= 15 is 0 Å². The fraction of sp³-hybridized carbons (Fsp3) is 0.533. The van der Waals surface area contributed by atoms with Crippen molar-refractivity contribution in [3.8, 4) is 0 Å². The van der Waals surface area contributed by atoms with Crippen molar-refractivity contribution in [2.75, 3.05) is 12.5 Å². The highest BCUT2D eigenvalue weighted by Gasteiger charge is 2.17. The Morgan fingerprint density at radius 3 is 2.17 bits per heavy atom. The van der Waals surface area contributed by atoms with Crippen LogP contribution >= 0.6 is 11.6 Å². The number of aliphatic hydroxyl groups is 1. The van der Waals surface area contributed by atoms with Gasteiger partial charge in [-0.15, -0.1) is 11.6 Å². The maximum atomic E-state index is 10.1. The molecule has 0 unspecified atom stereocenters. The van der Waals surface area contributed by atoms with Crippen molar-refractivity contribution in [2.24, 2.45) is 0 Å². The van der Waals surface area contributed by atoms with Crippen LogP contribution in [0.4, 0.5) is 0 Å². The fourth-order valence-electron chi connectivity index (χ4n) is 1.30. The number of Topliss-reactive ketones (excluding diaryl/α,β-unsaturated/α-hetero) is 1. The van der Waals surface area contributed by atoms with Crippen LogP contribution in [0.2, 0.25) is 0 Å². The van der Waals surface area contributed by atoms with Gasteiger partial charge in [-0.05, 0) is 18.9 Å². The van der Waals surface area contributed by atoms with Crippen molar-refractivity contribution in [3.05, 3.63) is 35.9 Å². The molecule has 0 radical (unpaired) electrons. The van der Waals surface area contributed by atoms with Crippen molar-refractivity contribution >= 4 is 17.4 Å². The molecule has 0 bridgehead atoms. The first kappa shape index (κ1) is 17.1. The molecule has 0 aliphatic carbocycles. The number of alkyl halides is 1. The molecule has 18 heavy (non-hydrogen) atoms. The number of aliphatic hydroxyl groups excluding tert-OH is 1. The van der Waals surface area contributed by atoms with Crippen LogP contribution in [0, 0.1) is 0 Å². The summed E-state index contributed by atoms with van der Waals surface area (Å²) in [5, 5.41) is 9.05. The number of hydrogen-bond acceptors (Lipinski definition) is 2. The Kier molecular flexibility index (Phi) is 8.69. The predicted molar refractivity (Wildman–Crippen MR) is 77.2 cm³/mol. The minimum absolute atomic E-state index is 0.110. The summed E-state index contributed by atoms with van der Waals surface area (Å²) in [5.74, 6) is 0.820. The molecule has 0 saturated heterocycles. The van der Waals surface area contributed by atoms with Crippen molar-refractivity contribution in [2.45, 2.75) is 39.0 Å².